The first kappa shape index (κ1) is 15.3. The maximum atomic E-state index is 10.4. The van der Waals surface area contributed by atoms with E-state index < -0.39 is 12.1 Å². The molecule has 1 aromatic carbocycles. The Hall–Kier alpha value is -1.75. The number of hydrogen-bond acceptors (Lipinski definition) is 4. The Balaban J connectivity index is 2.51. The van der Waals surface area contributed by atoms with Crippen molar-refractivity contribution in [3.63, 3.8) is 0 Å². The lowest BCUT2D eigenvalue weighted by molar-refractivity contribution is -0.137. The van der Waals surface area contributed by atoms with Gasteiger partial charge in [0.2, 0.25) is 0 Å². The predicted octanol–water partition coefficient (Wildman–Crippen LogP) is 1.90. The Labute approximate surface area is 113 Å². The van der Waals surface area contributed by atoms with Gasteiger partial charge in [0.15, 0.2) is 0 Å². The van der Waals surface area contributed by atoms with Crippen molar-refractivity contribution < 1.29 is 19.7 Å². The maximum Gasteiger partial charge on any atom is 0.303 e. The third-order valence-electron chi connectivity index (χ3n) is 2.89. The van der Waals surface area contributed by atoms with Gasteiger partial charge >= 0.3 is 5.97 Å². The van der Waals surface area contributed by atoms with Crippen LogP contribution in [-0.4, -0.2) is 35.9 Å². The van der Waals surface area contributed by atoms with E-state index in [-0.39, 0.29) is 12.8 Å². The molecule has 3 N–H and O–H groups in total. The van der Waals surface area contributed by atoms with Crippen molar-refractivity contribution in [1.29, 1.82) is 0 Å². The summed E-state index contributed by atoms with van der Waals surface area (Å²) in [6.07, 6.45) is 0.425. The molecule has 0 spiro atoms. The highest BCUT2D eigenvalue weighted by molar-refractivity contribution is 5.66. The molecule has 1 unspecified atom stereocenters. The van der Waals surface area contributed by atoms with E-state index in [1.807, 2.05) is 25.1 Å². The molecule has 0 amide bonds. The van der Waals surface area contributed by atoms with E-state index in [1.54, 1.807) is 7.11 Å². The molecular weight excluding hydrogens is 246 g/mol. The Bertz CT molecular complexity index is 420. The molecular formula is C14H21NO4. The van der Waals surface area contributed by atoms with Crippen molar-refractivity contribution in [2.75, 3.05) is 19.0 Å². The average molecular weight is 267 g/mol. The van der Waals surface area contributed by atoms with E-state index in [2.05, 4.69) is 5.32 Å². The predicted molar refractivity (Wildman–Crippen MR) is 73.7 cm³/mol. The standard InChI is InChI=1S/C14H21NO4/c1-3-10-8-11(4-6-13(10)19-2)15-9-12(16)5-7-14(17)18/h4,6,8,12,15-16H,3,5,7,9H2,1-2H3,(H,17,18). The quantitative estimate of drug-likeness (QED) is 0.670. The summed E-state index contributed by atoms with van der Waals surface area (Å²) in [5, 5.41) is 21.3. The summed E-state index contributed by atoms with van der Waals surface area (Å²) in [6, 6.07) is 5.73. The van der Waals surface area contributed by atoms with Gasteiger partial charge in [-0.1, -0.05) is 6.92 Å². The van der Waals surface area contributed by atoms with Crippen LogP contribution < -0.4 is 10.1 Å². The lowest BCUT2D eigenvalue weighted by atomic mass is 10.1. The van der Waals surface area contributed by atoms with Gasteiger partial charge in [-0.3, -0.25) is 4.79 Å². The first-order chi connectivity index (χ1) is 9.06. The molecule has 1 rings (SSSR count). The smallest absolute Gasteiger partial charge is 0.303 e. The molecule has 5 nitrogen and oxygen atoms in total. The highest BCUT2D eigenvalue weighted by Gasteiger charge is 2.08. The van der Waals surface area contributed by atoms with Crippen LogP contribution in [0.3, 0.4) is 0 Å². The molecule has 0 saturated carbocycles. The average Bonchev–Trinajstić information content (AvgIpc) is 2.42. The minimum Gasteiger partial charge on any atom is -0.496 e. The number of ether oxygens (including phenoxy) is 1. The molecule has 5 heteroatoms. The number of aliphatic hydroxyl groups is 1. The number of aliphatic hydroxyl groups excluding tert-OH is 1. The molecule has 1 atom stereocenters. The molecule has 0 fully saturated rings. The van der Waals surface area contributed by atoms with Gasteiger partial charge in [-0.05, 0) is 36.6 Å². The van der Waals surface area contributed by atoms with Gasteiger partial charge in [0, 0.05) is 18.7 Å². The summed E-state index contributed by atoms with van der Waals surface area (Å²) in [5.74, 6) is -0.0451. The first-order valence-corrected chi connectivity index (χ1v) is 6.37. The lowest BCUT2D eigenvalue weighted by Gasteiger charge is -2.14. The van der Waals surface area contributed by atoms with Gasteiger partial charge in [0.05, 0.1) is 13.2 Å². The molecule has 0 saturated heterocycles. The number of carboxylic acid groups (broad SMARTS) is 1. The molecule has 1 aromatic rings. The van der Waals surface area contributed by atoms with Gasteiger partial charge in [-0.15, -0.1) is 0 Å². The van der Waals surface area contributed by atoms with Crippen LogP contribution in [0.2, 0.25) is 0 Å². The van der Waals surface area contributed by atoms with E-state index in [4.69, 9.17) is 9.84 Å². The molecule has 19 heavy (non-hydrogen) atoms. The monoisotopic (exact) mass is 267 g/mol. The molecule has 0 heterocycles. The van der Waals surface area contributed by atoms with Crippen molar-refractivity contribution in [1.82, 2.24) is 0 Å². The van der Waals surface area contributed by atoms with Gasteiger partial charge in [0.25, 0.3) is 0 Å². The van der Waals surface area contributed by atoms with Gasteiger partial charge in [0.1, 0.15) is 5.75 Å². The summed E-state index contributed by atoms with van der Waals surface area (Å²) in [6.45, 7) is 2.38. The number of carbonyl (C=O) groups is 1. The number of rotatable bonds is 8. The minimum atomic E-state index is -0.892. The van der Waals surface area contributed by atoms with E-state index in [1.165, 1.54) is 0 Å². The normalized spacial score (nSPS) is 11.9. The number of aliphatic carboxylic acids is 1. The summed E-state index contributed by atoms with van der Waals surface area (Å²) in [5.41, 5.74) is 1.99. The zero-order chi connectivity index (χ0) is 14.3. The van der Waals surface area contributed by atoms with E-state index in [0.717, 1.165) is 23.4 Å². The van der Waals surface area contributed by atoms with Gasteiger partial charge < -0.3 is 20.3 Å². The third kappa shape index (κ3) is 5.18. The zero-order valence-corrected chi connectivity index (χ0v) is 11.3. The summed E-state index contributed by atoms with van der Waals surface area (Å²) in [4.78, 5) is 10.4. The van der Waals surface area contributed by atoms with E-state index >= 15 is 0 Å². The van der Waals surface area contributed by atoms with Crippen LogP contribution in [0.25, 0.3) is 0 Å². The van der Waals surface area contributed by atoms with Crippen LogP contribution in [0.15, 0.2) is 18.2 Å². The SMILES string of the molecule is CCc1cc(NCC(O)CCC(=O)O)ccc1OC. The molecule has 0 bridgehead atoms. The van der Waals surface area contributed by atoms with E-state index in [0.29, 0.717) is 6.54 Å². The number of carboxylic acids is 1. The van der Waals surface area contributed by atoms with Crippen molar-refractivity contribution in [3.8, 4) is 5.75 Å². The highest BCUT2D eigenvalue weighted by Crippen LogP contribution is 2.23. The maximum absolute atomic E-state index is 10.4. The second-order valence-corrected chi connectivity index (χ2v) is 4.35. The molecule has 106 valence electrons. The molecule has 0 aliphatic heterocycles. The number of methoxy groups -OCH3 is 1. The number of nitrogens with one attached hydrogen (secondary N) is 1. The van der Waals surface area contributed by atoms with Crippen LogP contribution >= 0.6 is 0 Å². The van der Waals surface area contributed by atoms with Crippen LogP contribution in [0.5, 0.6) is 5.75 Å². The second-order valence-electron chi connectivity index (χ2n) is 4.35. The van der Waals surface area contributed by atoms with E-state index in [9.17, 15) is 9.90 Å². The fourth-order valence-electron chi connectivity index (χ4n) is 1.79. The lowest BCUT2D eigenvalue weighted by Crippen LogP contribution is -2.20. The molecule has 0 aliphatic rings. The topological polar surface area (TPSA) is 78.8 Å². The number of anilines is 1. The van der Waals surface area contributed by atoms with Gasteiger partial charge in [-0.2, -0.15) is 0 Å². The Kier molecular flexibility index (Phi) is 6.15. The number of aryl methyl sites for hydroxylation is 1. The fourth-order valence-corrected chi connectivity index (χ4v) is 1.79. The highest BCUT2D eigenvalue weighted by atomic mass is 16.5. The van der Waals surface area contributed by atoms with Crippen LogP contribution in [0.1, 0.15) is 25.3 Å². The molecule has 0 aromatic heterocycles. The summed E-state index contributed by atoms with van der Waals surface area (Å²) < 4.78 is 5.24. The van der Waals surface area contributed by atoms with Crippen molar-refractivity contribution in [2.24, 2.45) is 0 Å². The van der Waals surface area contributed by atoms with Crippen LogP contribution in [0.4, 0.5) is 5.69 Å². The van der Waals surface area contributed by atoms with Crippen LogP contribution in [-0.2, 0) is 11.2 Å². The van der Waals surface area contributed by atoms with Crippen LogP contribution in [0, 0.1) is 0 Å². The Morgan fingerprint density at radius 1 is 1.47 bits per heavy atom. The second kappa shape index (κ2) is 7.63. The summed E-state index contributed by atoms with van der Waals surface area (Å²) >= 11 is 0. The Morgan fingerprint density at radius 3 is 2.79 bits per heavy atom. The van der Waals surface area contributed by atoms with Crippen molar-refractivity contribution in [3.05, 3.63) is 23.8 Å². The number of hydrogen-bond donors (Lipinski definition) is 3. The Morgan fingerprint density at radius 2 is 2.21 bits per heavy atom. The number of benzene rings is 1. The minimum absolute atomic E-state index is 0.0222. The third-order valence-corrected chi connectivity index (χ3v) is 2.89. The van der Waals surface area contributed by atoms with Crippen molar-refractivity contribution in [2.45, 2.75) is 32.3 Å². The first-order valence-electron chi connectivity index (χ1n) is 6.37. The zero-order valence-electron chi connectivity index (χ0n) is 11.3. The largest absolute Gasteiger partial charge is 0.496 e. The fraction of sp³-hybridized carbons (Fsp3) is 0.500. The van der Waals surface area contributed by atoms with Gasteiger partial charge in [-0.25, -0.2) is 0 Å². The summed E-state index contributed by atoms with van der Waals surface area (Å²) in [7, 11) is 1.64. The molecule has 0 radical (unpaired) electrons. The van der Waals surface area contributed by atoms with Crippen molar-refractivity contribution >= 4 is 11.7 Å². The molecule has 0 aliphatic carbocycles.